The Morgan fingerprint density at radius 3 is 2.73 bits per heavy atom. The molecule has 1 amide bonds. The molecule has 1 fully saturated rings. The van der Waals surface area contributed by atoms with Crippen LogP contribution in [-0.4, -0.2) is 42.2 Å². The molecule has 0 unspecified atom stereocenters. The van der Waals surface area contributed by atoms with Crippen LogP contribution in [-0.2, 0) is 22.6 Å². The van der Waals surface area contributed by atoms with E-state index in [1.165, 1.54) is 0 Å². The van der Waals surface area contributed by atoms with E-state index in [0.717, 1.165) is 29.2 Å². The summed E-state index contributed by atoms with van der Waals surface area (Å²) >= 11 is 0. The van der Waals surface area contributed by atoms with Gasteiger partial charge in [-0.1, -0.05) is 12.1 Å². The number of benzene rings is 1. The van der Waals surface area contributed by atoms with Crippen LogP contribution >= 0.6 is 0 Å². The summed E-state index contributed by atoms with van der Waals surface area (Å²) in [5, 5.41) is 0. The second-order valence-corrected chi connectivity index (χ2v) is 6.55. The maximum Gasteiger partial charge on any atom is 0.228 e. The number of carbonyl (C=O) groups is 1. The molecule has 0 bridgehead atoms. The lowest BCUT2D eigenvalue weighted by molar-refractivity contribution is -0.136. The van der Waals surface area contributed by atoms with Crippen molar-refractivity contribution in [3.05, 3.63) is 53.9 Å². The molecule has 1 atom stereocenters. The SMILES string of the molecule is O=C([C@@H]1CCOC1)N(Cc1ccc2c(c1)OCCO2)Cc1ccccn1. The molecule has 0 saturated carbocycles. The average Bonchev–Trinajstić information content (AvgIpc) is 3.22. The number of nitrogens with zero attached hydrogens (tertiary/aromatic N) is 2. The minimum Gasteiger partial charge on any atom is -0.486 e. The van der Waals surface area contributed by atoms with Gasteiger partial charge in [0.05, 0.1) is 24.8 Å². The molecule has 6 heteroatoms. The van der Waals surface area contributed by atoms with Crippen molar-refractivity contribution in [1.82, 2.24) is 9.88 Å². The van der Waals surface area contributed by atoms with Gasteiger partial charge in [-0.25, -0.2) is 0 Å². The molecule has 0 radical (unpaired) electrons. The van der Waals surface area contributed by atoms with Gasteiger partial charge in [-0.15, -0.1) is 0 Å². The molecule has 6 nitrogen and oxygen atoms in total. The molecule has 4 rings (SSSR count). The Balaban J connectivity index is 1.54. The van der Waals surface area contributed by atoms with Crippen LogP contribution in [0.15, 0.2) is 42.6 Å². The summed E-state index contributed by atoms with van der Waals surface area (Å²) < 4.78 is 16.6. The lowest BCUT2D eigenvalue weighted by Crippen LogP contribution is -2.35. The standard InChI is InChI=1S/C20H22N2O4/c23-20(16-6-8-24-14-16)22(13-17-3-1-2-7-21-17)12-15-4-5-18-19(11-15)26-10-9-25-18/h1-5,7,11,16H,6,8-10,12-14H2/t16-/m1/s1. The predicted octanol–water partition coefficient (Wildman–Crippen LogP) is 2.42. The van der Waals surface area contributed by atoms with Crippen molar-refractivity contribution in [2.75, 3.05) is 26.4 Å². The van der Waals surface area contributed by atoms with Crippen molar-refractivity contribution in [2.24, 2.45) is 5.92 Å². The maximum atomic E-state index is 13.0. The van der Waals surface area contributed by atoms with Gasteiger partial charge in [-0.3, -0.25) is 9.78 Å². The van der Waals surface area contributed by atoms with Gasteiger partial charge in [0.1, 0.15) is 13.2 Å². The number of hydrogen-bond acceptors (Lipinski definition) is 5. The van der Waals surface area contributed by atoms with E-state index in [1.807, 2.05) is 41.3 Å². The van der Waals surface area contributed by atoms with Crippen molar-refractivity contribution >= 4 is 5.91 Å². The largest absolute Gasteiger partial charge is 0.486 e. The summed E-state index contributed by atoms with van der Waals surface area (Å²) in [7, 11) is 0. The first-order valence-corrected chi connectivity index (χ1v) is 8.94. The van der Waals surface area contributed by atoms with E-state index >= 15 is 0 Å². The minimum atomic E-state index is -0.0732. The van der Waals surface area contributed by atoms with Gasteiger partial charge in [-0.05, 0) is 36.2 Å². The van der Waals surface area contributed by atoms with Gasteiger partial charge in [-0.2, -0.15) is 0 Å². The topological polar surface area (TPSA) is 60.9 Å². The fourth-order valence-electron chi connectivity index (χ4n) is 3.29. The number of rotatable bonds is 5. The molecular weight excluding hydrogens is 332 g/mol. The van der Waals surface area contributed by atoms with E-state index in [-0.39, 0.29) is 11.8 Å². The van der Waals surface area contributed by atoms with Crippen LogP contribution in [0.4, 0.5) is 0 Å². The lowest BCUT2D eigenvalue weighted by Gasteiger charge is -2.26. The smallest absolute Gasteiger partial charge is 0.228 e. The highest BCUT2D eigenvalue weighted by Crippen LogP contribution is 2.31. The van der Waals surface area contributed by atoms with E-state index < -0.39 is 0 Å². The number of aromatic nitrogens is 1. The molecule has 1 aromatic carbocycles. The molecular formula is C20H22N2O4. The van der Waals surface area contributed by atoms with Gasteiger partial charge in [0.25, 0.3) is 0 Å². The fraction of sp³-hybridized carbons (Fsp3) is 0.400. The van der Waals surface area contributed by atoms with Crippen LogP contribution in [0, 0.1) is 5.92 Å². The summed E-state index contributed by atoms with van der Waals surface area (Å²) in [5.41, 5.74) is 1.88. The zero-order valence-electron chi connectivity index (χ0n) is 14.6. The third-order valence-electron chi connectivity index (χ3n) is 4.65. The predicted molar refractivity (Wildman–Crippen MR) is 94.8 cm³/mol. The lowest BCUT2D eigenvalue weighted by atomic mass is 10.1. The highest BCUT2D eigenvalue weighted by molar-refractivity contribution is 5.79. The zero-order valence-corrected chi connectivity index (χ0v) is 14.6. The van der Waals surface area contributed by atoms with E-state index in [9.17, 15) is 4.79 Å². The number of ether oxygens (including phenoxy) is 3. The maximum absolute atomic E-state index is 13.0. The number of pyridine rings is 1. The summed E-state index contributed by atoms with van der Waals surface area (Å²) in [5.74, 6) is 1.54. The van der Waals surface area contributed by atoms with E-state index in [0.29, 0.717) is 39.5 Å². The molecule has 0 aliphatic carbocycles. The first-order valence-electron chi connectivity index (χ1n) is 8.94. The highest BCUT2D eigenvalue weighted by Gasteiger charge is 2.28. The van der Waals surface area contributed by atoms with Gasteiger partial charge in [0.15, 0.2) is 11.5 Å². The normalized spacial score (nSPS) is 18.5. The van der Waals surface area contributed by atoms with Gasteiger partial charge in [0, 0.05) is 19.3 Å². The third kappa shape index (κ3) is 3.80. The molecule has 2 aromatic rings. The molecule has 0 N–H and O–H groups in total. The molecule has 2 aliphatic rings. The Kier molecular flexibility index (Phi) is 5.02. The Labute approximate surface area is 152 Å². The summed E-state index contributed by atoms with van der Waals surface area (Å²) in [6.07, 6.45) is 2.53. The highest BCUT2D eigenvalue weighted by atomic mass is 16.6. The number of fused-ring (bicyclic) bond motifs is 1. The summed E-state index contributed by atoms with van der Waals surface area (Å²) in [6.45, 7) is 3.24. The molecule has 3 heterocycles. The second kappa shape index (κ2) is 7.74. The van der Waals surface area contributed by atoms with Gasteiger partial charge >= 0.3 is 0 Å². The second-order valence-electron chi connectivity index (χ2n) is 6.55. The quantitative estimate of drug-likeness (QED) is 0.825. The minimum absolute atomic E-state index is 0.0732. The van der Waals surface area contributed by atoms with E-state index in [1.54, 1.807) is 6.20 Å². The Bertz CT molecular complexity index is 760. The molecule has 1 saturated heterocycles. The molecule has 0 spiro atoms. The fourth-order valence-corrected chi connectivity index (χ4v) is 3.29. The van der Waals surface area contributed by atoms with Crippen LogP contribution in [0.5, 0.6) is 11.5 Å². The first kappa shape index (κ1) is 16.8. The molecule has 2 aliphatic heterocycles. The summed E-state index contributed by atoms with van der Waals surface area (Å²) in [6, 6.07) is 11.6. The molecule has 1 aromatic heterocycles. The van der Waals surface area contributed by atoms with E-state index in [4.69, 9.17) is 14.2 Å². The average molecular weight is 354 g/mol. The van der Waals surface area contributed by atoms with Crippen molar-refractivity contribution in [1.29, 1.82) is 0 Å². The van der Waals surface area contributed by atoms with E-state index in [2.05, 4.69) is 4.98 Å². The van der Waals surface area contributed by atoms with Crippen LogP contribution in [0.2, 0.25) is 0 Å². The molecule has 26 heavy (non-hydrogen) atoms. The van der Waals surface area contributed by atoms with Crippen molar-refractivity contribution in [3.63, 3.8) is 0 Å². The molecule has 136 valence electrons. The number of amides is 1. The van der Waals surface area contributed by atoms with Crippen LogP contribution in [0.3, 0.4) is 0 Å². The van der Waals surface area contributed by atoms with Gasteiger partial charge < -0.3 is 19.1 Å². The zero-order chi connectivity index (χ0) is 17.8. The van der Waals surface area contributed by atoms with Crippen molar-refractivity contribution in [3.8, 4) is 11.5 Å². The van der Waals surface area contributed by atoms with Crippen LogP contribution in [0.1, 0.15) is 17.7 Å². The third-order valence-corrected chi connectivity index (χ3v) is 4.65. The van der Waals surface area contributed by atoms with Crippen LogP contribution in [0.25, 0.3) is 0 Å². The first-order chi connectivity index (χ1) is 12.8. The van der Waals surface area contributed by atoms with Crippen molar-refractivity contribution < 1.29 is 19.0 Å². The Hall–Kier alpha value is -2.60. The summed E-state index contributed by atoms with van der Waals surface area (Å²) in [4.78, 5) is 19.2. The van der Waals surface area contributed by atoms with Crippen molar-refractivity contribution in [2.45, 2.75) is 19.5 Å². The number of hydrogen-bond donors (Lipinski definition) is 0. The Morgan fingerprint density at radius 1 is 1.08 bits per heavy atom. The monoisotopic (exact) mass is 354 g/mol. The van der Waals surface area contributed by atoms with Crippen LogP contribution < -0.4 is 9.47 Å². The van der Waals surface area contributed by atoms with Gasteiger partial charge in [0.2, 0.25) is 5.91 Å². The Morgan fingerprint density at radius 2 is 1.96 bits per heavy atom. The number of carbonyl (C=O) groups excluding carboxylic acids is 1.